The number of hydrogen-bond donors (Lipinski definition) is 2. The summed E-state index contributed by atoms with van der Waals surface area (Å²) in [5, 5.41) is 11.7. The first kappa shape index (κ1) is 14.8. The number of benzene rings is 1. The molecule has 2 rings (SSSR count). The van der Waals surface area contributed by atoms with E-state index in [0.717, 1.165) is 0 Å². The maximum absolute atomic E-state index is 12.2. The van der Waals surface area contributed by atoms with Gasteiger partial charge in [0.1, 0.15) is 17.3 Å². The highest BCUT2D eigenvalue weighted by Crippen LogP contribution is 2.23. The summed E-state index contributed by atoms with van der Waals surface area (Å²) in [7, 11) is 3.03. The molecule has 0 saturated heterocycles. The SMILES string of the molecule is COc1cc(OC)cc(C(=O)Nc2cc(CO)ccn2)c1. The first-order chi connectivity index (χ1) is 10.2. The summed E-state index contributed by atoms with van der Waals surface area (Å²) in [6, 6.07) is 8.17. The summed E-state index contributed by atoms with van der Waals surface area (Å²) in [6.07, 6.45) is 1.52. The Balaban J connectivity index is 2.23. The summed E-state index contributed by atoms with van der Waals surface area (Å²) in [4.78, 5) is 16.3. The van der Waals surface area contributed by atoms with Crippen LogP contribution in [0.1, 0.15) is 15.9 Å². The maximum Gasteiger partial charge on any atom is 0.257 e. The second-order valence-electron chi connectivity index (χ2n) is 4.26. The van der Waals surface area contributed by atoms with Crippen LogP contribution in [0.5, 0.6) is 11.5 Å². The number of ether oxygens (including phenoxy) is 2. The molecule has 2 N–H and O–H groups in total. The lowest BCUT2D eigenvalue weighted by Crippen LogP contribution is -2.13. The second-order valence-corrected chi connectivity index (χ2v) is 4.26. The highest BCUT2D eigenvalue weighted by atomic mass is 16.5. The fraction of sp³-hybridized carbons (Fsp3) is 0.200. The van der Waals surface area contributed by atoms with Crippen molar-refractivity contribution < 1.29 is 19.4 Å². The van der Waals surface area contributed by atoms with Crippen molar-refractivity contribution in [2.24, 2.45) is 0 Å². The van der Waals surface area contributed by atoms with E-state index < -0.39 is 0 Å². The Morgan fingerprint density at radius 3 is 2.43 bits per heavy atom. The topological polar surface area (TPSA) is 80.7 Å². The summed E-state index contributed by atoms with van der Waals surface area (Å²) in [6.45, 7) is -0.113. The van der Waals surface area contributed by atoms with Crippen LogP contribution in [0, 0.1) is 0 Å². The number of anilines is 1. The van der Waals surface area contributed by atoms with Gasteiger partial charge < -0.3 is 19.9 Å². The Hall–Kier alpha value is -2.60. The fourth-order valence-electron chi connectivity index (χ4n) is 1.77. The molecule has 0 aliphatic heterocycles. The summed E-state index contributed by atoms with van der Waals surface area (Å²) in [5.41, 5.74) is 1.06. The Bertz CT molecular complexity index is 621. The average Bonchev–Trinajstić information content (AvgIpc) is 2.54. The van der Waals surface area contributed by atoms with Crippen LogP contribution < -0.4 is 14.8 Å². The maximum atomic E-state index is 12.2. The number of carbonyl (C=O) groups excluding carboxylic acids is 1. The minimum Gasteiger partial charge on any atom is -0.497 e. The third kappa shape index (κ3) is 3.70. The first-order valence-electron chi connectivity index (χ1n) is 6.26. The molecule has 6 heteroatoms. The number of hydrogen-bond acceptors (Lipinski definition) is 5. The van der Waals surface area contributed by atoms with Crippen molar-refractivity contribution in [2.45, 2.75) is 6.61 Å². The molecule has 2 aromatic rings. The monoisotopic (exact) mass is 288 g/mol. The van der Waals surface area contributed by atoms with E-state index in [4.69, 9.17) is 14.6 Å². The van der Waals surface area contributed by atoms with Gasteiger partial charge in [-0.2, -0.15) is 0 Å². The van der Waals surface area contributed by atoms with Crippen molar-refractivity contribution in [3.63, 3.8) is 0 Å². The number of aliphatic hydroxyl groups excluding tert-OH is 1. The second kappa shape index (κ2) is 6.71. The van der Waals surface area contributed by atoms with Crippen molar-refractivity contribution in [1.82, 2.24) is 4.98 Å². The van der Waals surface area contributed by atoms with Crippen LogP contribution in [-0.2, 0) is 6.61 Å². The zero-order valence-corrected chi connectivity index (χ0v) is 11.8. The van der Waals surface area contributed by atoms with Gasteiger partial charge in [0.15, 0.2) is 0 Å². The molecule has 0 aliphatic rings. The molecule has 1 heterocycles. The molecule has 0 saturated carbocycles. The first-order valence-corrected chi connectivity index (χ1v) is 6.26. The minimum atomic E-state index is -0.338. The Morgan fingerprint density at radius 1 is 1.19 bits per heavy atom. The van der Waals surface area contributed by atoms with E-state index in [1.165, 1.54) is 20.4 Å². The van der Waals surface area contributed by atoms with Crippen molar-refractivity contribution in [3.05, 3.63) is 47.7 Å². The van der Waals surface area contributed by atoms with Gasteiger partial charge in [0, 0.05) is 17.8 Å². The van der Waals surface area contributed by atoms with E-state index in [1.54, 1.807) is 30.3 Å². The number of rotatable bonds is 5. The number of aliphatic hydroxyl groups is 1. The molecule has 0 unspecified atom stereocenters. The van der Waals surface area contributed by atoms with Crippen LogP contribution in [0.2, 0.25) is 0 Å². The lowest BCUT2D eigenvalue weighted by Gasteiger charge is -2.09. The highest BCUT2D eigenvalue weighted by molar-refractivity contribution is 6.04. The van der Waals surface area contributed by atoms with E-state index >= 15 is 0 Å². The molecule has 0 aliphatic carbocycles. The van der Waals surface area contributed by atoms with Gasteiger partial charge in [-0.15, -0.1) is 0 Å². The Kier molecular flexibility index (Phi) is 4.73. The van der Waals surface area contributed by atoms with Crippen molar-refractivity contribution in [2.75, 3.05) is 19.5 Å². The van der Waals surface area contributed by atoms with Gasteiger partial charge in [-0.1, -0.05) is 0 Å². The summed E-state index contributed by atoms with van der Waals surface area (Å²) < 4.78 is 10.3. The van der Waals surface area contributed by atoms with Crippen LogP contribution in [-0.4, -0.2) is 30.2 Å². The number of carbonyl (C=O) groups is 1. The van der Waals surface area contributed by atoms with Crippen LogP contribution in [0.25, 0.3) is 0 Å². The van der Waals surface area contributed by atoms with E-state index in [9.17, 15) is 4.79 Å². The lowest BCUT2D eigenvalue weighted by molar-refractivity contribution is 0.102. The molecular formula is C15H16N2O4. The highest BCUT2D eigenvalue weighted by Gasteiger charge is 2.11. The lowest BCUT2D eigenvalue weighted by atomic mass is 10.2. The molecule has 0 atom stereocenters. The van der Waals surface area contributed by atoms with Crippen LogP contribution in [0.15, 0.2) is 36.5 Å². The van der Waals surface area contributed by atoms with Crippen molar-refractivity contribution in [1.29, 1.82) is 0 Å². The third-order valence-corrected chi connectivity index (χ3v) is 2.86. The van der Waals surface area contributed by atoms with Gasteiger partial charge in [0.05, 0.1) is 20.8 Å². The number of amides is 1. The number of methoxy groups -OCH3 is 2. The zero-order valence-electron chi connectivity index (χ0n) is 11.8. The van der Waals surface area contributed by atoms with E-state index in [1.807, 2.05) is 0 Å². The van der Waals surface area contributed by atoms with E-state index in [0.29, 0.717) is 28.4 Å². The molecule has 0 fully saturated rings. The molecule has 110 valence electrons. The van der Waals surface area contributed by atoms with Gasteiger partial charge in [0.25, 0.3) is 5.91 Å². The predicted molar refractivity (Wildman–Crippen MR) is 77.7 cm³/mol. The quantitative estimate of drug-likeness (QED) is 0.877. The molecule has 0 radical (unpaired) electrons. The standard InChI is InChI=1S/C15H16N2O4/c1-20-12-6-11(7-13(8-12)21-2)15(19)17-14-5-10(9-18)3-4-16-14/h3-8,18H,9H2,1-2H3,(H,16,17,19). The van der Waals surface area contributed by atoms with Gasteiger partial charge in [-0.25, -0.2) is 4.98 Å². The molecule has 1 amide bonds. The van der Waals surface area contributed by atoms with Gasteiger partial charge in [0.2, 0.25) is 0 Å². The molecule has 1 aromatic carbocycles. The summed E-state index contributed by atoms with van der Waals surface area (Å²) in [5.74, 6) is 1.08. The molecule has 21 heavy (non-hydrogen) atoms. The van der Waals surface area contributed by atoms with Gasteiger partial charge in [-0.05, 0) is 29.8 Å². The molecule has 6 nitrogen and oxygen atoms in total. The van der Waals surface area contributed by atoms with Crippen LogP contribution >= 0.6 is 0 Å². The fourth-order valence-corrected chi connectivity index (χ4v) is 1.77. The number of nitrogens with zero attached hydrogens (tertiary/aromatic N) is 1. The van der Waals surface area contributed by atoms with Crippen molar-refractivity contribution >= 4 is 11.7 Å². The number of aromatic nitrogens is 1. The average molecular weight is 288 g/mol. The number of nitrogens with one attached hydrogen (secondary N) is 1. The smallest absolute Gasteiger partial charge is 0.257 e. The molecular weight excluding hydrogens is 272 g/mol. The van der Waals surface area contributed by atoms with Crippen LogP contribution in [0.4, 0.5) is 5.82 Å². The predicted octanol–water partition coefficient (Wildman–Crippen LogP) is 1.84. The third-order valence-electron chi connectivity index (χ3n) is 2.86. The molecule has 0 bridgehead atoms. The minimum absolute atomic E-state index is 0.113. The normalized spacial score (nSPS) is 10.0. The van der Waals surface area contributed by atoms with Crippen molar-refractivity contribution in [3.8, 4) is 11.5 Å². The molecule has 1 aromatic heterocycles. The van der Waals surface area contributed by atoms with Gasteiger partial charge in [-0.3, -0.25) is 4.79 Å². The number of pyridine rings is 1. The zero-order chi connectivity index (χ0) is 15.2. The van der Waals surface area contributed by atoms with Gasteiger partial charge >= 0.3 is 0 Å². The Morgan fingerprint density at radius 2 is 1.86 bits per heavy atom. The molecule has 0 spiro atoms. The van der Waals surface area contributed by atoms with Crippen LogP contribution in [0.3, 0.4) is 0 Å². The van der Waals surface area contributed by atoms with E-state index in [2.05, 4.69) is 10.3 Å². The van der Waals surface area contributed by atoms with E-state index in [-0.39, 0.29) is 12.5 Å². The largest absolute Gasteiger partial charge is 0.497 e. The summed E-state index contributed by atoms with van der Waals surface area (Å²) >= 11 is 0. The Labute approximate surface area is 122 Å².